The molecule has 2 amide bonds. The van der Waals surface area contributed by atoms with Crippen molar-refractivity contribution in [3.05, 3.63) is 29.8 Å². The highest BCUT2D eigenvalue weighted by Crippen LogP contribution is 2.39. The minimum absolute atomic E-state index is 0.0356. The first-order chi connectivity index (χ1) is 15.7. The van der Waals surface area contributed by atoms with Gasteiger partial charge in [0.2, 0.25) is 5.91 Å². The maximum absolute atomic E-state index is 13.1. The molecule has 4 atom stereocenters. The number of methoxy groups -OCH3 is 1. The van der Waals surface area contributed by atoms with E-state index in [9.17, 15) is 9.59 Å². The normalized spacial score (nSPS) is 27.8. The number of carbonyl (C=O) groups is 2. The van der Waals surface area contributed by atoms with Crippen LogP contribution >= 0.6 is 0 Å². The monoisotopic (exact) mass is 457 g/mol. The topological polar surface area (TPSA) is 71.1 Å². The molecule has 0 spiro atoms. The van der Waals surface area contributed by atoms with Crippen LogP contribution in [0.3, 0.4) is 0 Å². The molecule has 2 bridgehead atoms. The van der Waals surface area contributed by atoms with E-state index in [-0.39, 0.29) is 24.0 Å². The SMILES string of the molecule is COc1ccc(CN2[C@H]3CC[C@@H]2[C@H](NC(=O)C2CCCN(C(=O)OC(C)(C)C)CC2)C3)cc1. The number of likely N-dealkylation sites (tertiary alicyclic amines) is 1. The fraction of sp³-hybridized carbons (Fsp3) is 0.692. The number of hydrogen-bond acceptors (Lipinski definition) is 5. The van der Waals surface area contributed by atoms with Crippen LogP contribution in [-0.4, -0.2) is 65.7 Å². The smallest absolute Gasteiger partial charge is 0.410 e. The van der Waals surface area contributed by atoms with Crippen molar-refractivity contribution in [2.24, 2.45) is 5.92 Å². The van der Waals surface area contributed by atoms with Crippen LogP contribution in [0.25, 0.3) is 0 Å². The van der Waals surface area contributed by atoms with E-state index in [0.717, 1.165) is 38.0 Å². The number of ether oxygens (including phenoxy) is 2. The van der Waals surface area contributed by atoms with Crippen molar-refractivity contribution >= 4 is 12.0 Å². The molecule has 3 heterocycles. The van der Waals surface area contributed by atoms with Gasteiger partial charge in [-0.05, 0) is 77.0 Å². The first-order valence-electron chi connectivity index (χ1n) is 12.4. The van der Waals surface area contributed by atoms with Crippen LogP contribution in [0.2, 0.25) is 0 Å². The third kappa shape index (κ3) is 5.81. The number of amides is 2. The maximum atomic E-state index is 13.1. The number of rotatable bonds is 5. The second kappa shape index (κ2) is 9.92. The Labute approximate surface area is 197 Å². The molecule has 0 radical (unpaired) electrons. The lowest BCUT2D eigenvalue weighted by molar-refractivity contribution is -0.126. The van der Waals surface area contributed by atoms with E-state index in [1.165, 1.54) is 12.0 Å². The third-order valence-electron chi connectivity index (χ3n) is 7.28. The van der Waals surface area contributed by atoms with Crippen LogP contribution in [0.5, 0.6) is 5.75 Å². The zero-order valence-corrected chi connectivity index (χ0v) is 20.5. The van der Waals surface area contributed by atoms with E-state index in [2.05, 4.69) is 22.3 Å². The lowest BCUT2D eigenvalue weighted by Gasteiger charge is -2.27. The summed E-state index contributed by atoms with van der Waals surface area (Å²) < 4.78 is 10.8. The fourth-order valence-electron chi connectivity index (χ4n) is 5.61. The van der Waals surface area contributed by atoms with Crippen LogP contribution in [0.1, 0.15) is 64.9 Å². The summed E-state index contributed by atoms with van der Waals surface area (Å²) in [6, 6.07) is 9.46. The van der Waals surface area contributed by atoms with Crippen LogP contribution < -0.4 is 10.1 Å². The highest BCUT2D eigenvalue weighted by Gasteiger charge is 2.46. The average Bonchev–Trinajstić information content (AvgIpc) is 3.17. The molecule has 7 nitrogen and oxygen atoms in total. The van der Waals surface area contributed by atoms with E-state index >= 15 is 0 Å². The van der Waals surface area contributed by atoms with Crippen LogP contribution in [0, 0.1) is 5.92 Å². The molecule has 4 rings (SSSR count). The van der Waals surface area contributed by atoms with Gasteiger partial charge in [-0.25, -0.2) is 4.79 Å². The van der Waals surface area contributed by atoms with E-state index in [0.29, 0.717) is 31.6 Å². The molecule has 3 aliphatic rings. The average molecular weight is 458 g/mol. The molecule has 1 unspecified atom stereocenters. The Kier molecular flexibility index (Phi) is 7.17. The molecule has 1 N–H and O–H groups in total. The van der Waals surface area contributed by atoms with Crippen molar-refractivity contribution in [1.82, 2.24) is 15.1 Å². The summed E-state index contributed by atoms with van der Waals surface area (Å²) in [5.74, 6) is 0.997. The summed E-state index contributed by atoms with van der Waals surface area (Å²) in [5, 5.41) is 3.39. The number of nitrogens with zero attached hydrogens (tertiary/aromatic N) is 2. The molecular weight excluding hydrogens is 418 g/mol. The highest BCUT2D eigenvalue weighted by molar-refractivity contribution is 5.79. The zero-order chi connectivity index (χ0) is 23.6. The molecule has 0 aliphatic carbocycles. The van der Waals surface area contributed by atoms with E-state index in [1.807, 2.05) is 32.9 Å². The second-order valence-corrected chi connectivity index (χ2v) is 10.8. The predicted octanol–water partition coefficient (Wildman–Crippen LogP) is 3.95. The maximum Gasteiger partial charge on any atom is 0.410 e. The van der Waals surface area contributed by atoms with Gasteiger partial charge in [0.05, 0.1) is 7.11 Å². The molecule has 3 fully saturated rings. The van der Waals surface area contributed by atoms with Gasteiger partial charge in [0.1, 0.15) is 11.4 Å². The molecule has 7 heteroatoms. The number of nitrogens with one attached hydrogen (secondary N) is 1. The van der Waals surface area contributed by atoms with Crippen molar-refractivity contribution in [1.29, 1.82) is 0 Å². The Bertz CT molecular complexity index is 835. The van der Waals surface area contributed by atoms with Gasteiger partial charge >= 0.3 is 6.09 Å². The first kappa shape index (κ1) is 23.9. The Morgan fingerprint density at radius 2 is 1.82 bits per heavy atom. The summed E-state index contributed by atoms with van der Waals surface area (Å²) in [5.41, 5.74) is 0.783. The standard InChI is InChI=1S/C26H39N3O4/c1-26(2,3)33-25(31)28-14-5-6-19(13-15-28)24(30)27-22-16-20-9-12-23(22)29(20)17-18-7-10-21(32-4)11-8-18/h7-8,10-11,19-20,22-23H,5-6,9,12-17H2,1-4H3,(H,27,30)/t19?,20-,22+,23+/m0/s1. The molecule has 0 saturated carbocycles. The molecule has 1 aromatic carbocycles. The summed E-state index contributed by atoms with van der Waals surface area (Å²) in [6.07, 6.45) is 5.46. The lowest BCUT2D eigenvalue weighted by atomic mass is 9.93. The number of benzene rings is 1. The lowest BCUT2D eigenvalue weighted by Crippen LogP contribution is -2.46. The fourth-order valence-corrected chi connectivity index (χ4v) is 5.61. The molecule has 0 aromatic heterocycles. The Hall–Kier alpha value is -2.28. The molecule has 3 saturated heterocycles. The van der Waals surface area contributed by atoms with Crippen molar-refractivity contribution in [3.8, 4) is 5.75 Å². The van der Waals surface area contributed by atoms with Gasteiger partial charge in [0, 0.05) is 43.7 Å². The zero-order valence-electron chi connectivity index (χ0n) is 20.5. The number of hydrogen-bond donors (Lipinski definition) is 1. The molecule has 182 valence electrons. The van der Waals surface area contributed by atoms with Crippen molar-refractivity contribution < 1.29 is 19.1 Å². The van der Waals surface area contributed by atoms with Gasteiger partial charge in [-0.2, -0.15) is 0 Å². The van der Waals surface area contributed by atoms with Gasteiger partial charge in [0.25, 0.3) is 0 Å². The molecular formula is C26H39N3O4. The highest BCUT2D eigenvalue weighted by atomic mass is 16.6. The van der Waals surface area contributed by atoms with Gasteiger partial charge in [-0.3, -0.25) is 9.69 Å². The van der Waals surface area contributed by atoms with Crippen LogP contribution in [0.15, 0.2) is 24.3 Å². The van der Waals surface area contributed by atoms with Crippen molar-refractivity contribution in [2.75, 3.05) is 20.2 Å². The number of fused-ring (bicyclic) bond motifs is 2. The minimum Gasteiger partial charge on any atom is -0.497 e. The summed E-state index contributed by atoms with van der Waals surface area (Å²) in [7, 11) is 1.69. The van der Waals surface area contributed by atoms with Gasteiger partial charge in [-0.15, -0.1) is 0 Å². The summed E-state index contributed by atoms with van der Waals surface area (Å²) in [6.45, 7) is 7.79. The Morgan fingerprint density at radius 3 is 2.52 bits per heavy atom. The first-order valence-corrected chi connectivity index (χ1v) is 12.4. The van der Waals surface area contributed by atoms with E-state index in [4.69, 9.17) is 9.47 Å². The van der Waals surface area contributed by atoms with Gasteiger partial charge in [-0.1, -0.05) is 12.1 Å². The minimum atomic E-state index is -0.500. The van der Waals surface area contributed by atoms with Crippen molar-refractivity contribution in [3.63, 3.8) is 0 Å². The largest absolute Gasteiger partial charge is 0.497 e. The van der Waals surface area contributed by atoms with Gasteiger partial charge in [0.15, 0.2) is 0 Å². The Morgan fingerprint density at radius 1 is 1.06 bits per heavy atom. The Balaban J connectivity index is 1.29. The molecule has 3 aliphatic heterocycles. The van der Waals surface area contributed by atoms with E-state index < -0.39 is 5.60 Å². The third-order valence-corrected chi connectivity index (χ3v) is 7.28. The molecule has 33 heavy (non-hydrogen) atoms. The second-order valence-electron chi connectivity index (χ2n) is 10.8. The van der Waals surface area contributed by atoms with Crippen molar-refractivity contribution in [2.45, 2.75) is 89.6 Å². The number of carbonyl (C=O) groups excluding carboxylic acids is 2. The van der Waals surface area contributed by atoms with Gasteiger partial charge < -0.3 is 19.7 Å². The van der Waals surface area contributed by atoms with Crippen LogP contribution in [-0.2, 0) is 16.1 Å². The molecule has 1 aromatic rings. The predicted molar refractivity (Wildman–Crippen MR) is 127 cm³/mol. The summed E-state index contributed by atoms with van der Waals surface area (Å²) in [4.78, 5) is 29.9. The summed E-state index contributed by atoms with van der Waals surface area (Å²) >= 11 is 0. The van der Waals surface area contributed by atoms with E-state index in [1.54, 1.807) is 12.0 Å². The quantitative estimate of drug-likeness (QED) is 0.725. The van der Waals surface area contributed by atoms with Crippen LogP contribution in [0.4, 0.5) is 4.79 Å².